The third-order valence-corrected chi connectivity index (χ3v) is 6.18. The van der Waals surface area contributed by atoms with Gasteiger partial charge in [0.05, 0.1) is 5.39 Å². The second-order valence-corrected chi connectivity index (χ2v) is 8.00. The molecule has 1 aliphatic rings. The monoisotopic (exact) mass is 350 g/mol. The van der Waals surface area contributed by atoms with E-state index in [1.807, 2.05) is 23.6 Å². The van der Waals surface area contributed by atoms with E-state index >= 15 is 0 Å². The van der Waals surface area contributed by atoms with Crippen molar-refractivity contribution in [3.05, 3.63) is 40.5 Å². The zero-order valence-electron chi connectivity index (χ0n) is 14.2. The predicted molar refractivity (Wildman–Crippen MR) is 99.2 cm³/mol. The molecule has 3 aromatic heterocycles. The lowest BCUT2D eigenvalue weighted by Gasteiger charge is -2.17. The van der Waals surface area contributed by atoms with Gasteiger partial charge in [-0.1, -0.05) is 19.1 Å². The van der Waals surface area contributed by atoms with Gasteiger partial charge in [-0.05, 0) is 49.8 Å². The molecule has 0 amide bonds. The maximum absolute atomic E-state index is 9.76. The van der Waals surface area contributed by atoms with Crippen LogP contribution in [0.5, 0.6) is 5.75 Å². The van der Waals surface area contributed by atoms with E-state index in [-0.39, 0.29) is 5.75 Å². The predicted octanol–water partition coefficient (Wildman–Crippen LogP) is 4.14. The first-order valence-electron chi connectivity index (χ1n) is 8.57. The van der Waals surface area contributed by atoms with Crippen LogP contribution in [0.1, 0.15) is 29.6 Å². The van der Waals surface area contributed by atoms with E-state index in [0.29, 0.717) is 11.7 Å². The van der Waals surface area contributed by atoms with Crippen molar-refractivity contribution >= 4 is 27.2 Å². The molecule has 0 fully saturated rings. The summed E-state index contributed by atoms with van der Waals surface area (Å²) < 4.78 is 1.84. The molecule has 1 atom stereocenters. The number of phenols is 1. The fourth-order valence-corrected chi connectivity index (χ4v) is 4.97. The van der Waals surface area contributed by atoms with Gasteiger partial charge in [-0.2, -0.15) is 4.52 Å². The molecular weight excluding hydrogens is 332 g/mol. The summed E-state index contributed by atoms with van der Waals surface area (Å²) >= 11 is 1.81. The lowest BCUT2D eigenvalue weighted by Crippen LogP contribution is -2.09. The largest absolute Gasteiger partial charge is 0.508 e. The molecule has 5 nitrogen and oxygen atoms in total. The minimum absolute atomic E-state index is 0.220. The first kappa shape index (κ1) is 14.8. The summed E-state index contributed by atoms with van der Waals surface area (Å²) in [5, 5.41) is 15.6. The lowest BCUT2D eigenvalue weighted by atomic mass is 9.89. The van der Waals surface area contributed by atoms with Crippen molar-refractivity contribution in [2.75, 3.05) is 0 Å². The number of aryl methyl sites for hydroxylation is 2. The van der Waals surface area contributed by atoms with E-state index in [9.17, 15) is 5.11 Å². The fraction of sp³-hybridized carbons (Fsp3) is 0.316. The van der Waals surface area contributed by atoms with Crippen molar-refractivity contribution in [1.82, 2.24) is 19.6 Å². The number of hydrogen-bond acceptors (Lipinski definition) is 5. The number of thiophene rings is 1. The Kier molecular flexibility index (Phi) is 3.12. The second kappa shape index (κ2) is 5.26. The number of aromatic nitrogens is 4. The van der Waals surface area contributed by atoms with Crippen LogP contribution in [0.15, 0.2) is 24.3 Å². The summed E-state index contributed by atoms with van der Waals surface area (Å²) in [6.07, 6.45) is 3.47. The second-order valence-electron chi connectivity index (χ2n) is 6.91. The Hall–Kier alpha value is -2.47. The molecule has 0 radical (unpaired) electrons. The Morgan fingerprint density at radius 3 is 3.00 bits per heavy atom. The molecule has 25 heavy (non-hydrogen) atoms. The average molecular weight is 350 g/mol. The Morgan fingerprint density at radius 2 is 2.16 bits per heavy atom. The molecule has 4 aromatic rings. The Balaban J connectivity index is 1.81. The van der Waals surface area contributed by atoms with Crippen molar-refractivity contribution in [3.63, 3.8) is 0 Å². The summed E-state index contributed by atoms with van der Waals surface area (Å²) in [6.45, 7) is 4.28. The Bertz CT molecular complexity index is 1130. The molecule has 126 valence electrons. The molecule has 5 rings (SSSR count). The highest BCUT2D eigenvalue weighted by Gasteiger charge is 2.24. The zero-order valence-corrected chi connectivity index (χ0v) is 15.0. The van der Waals surface area contributed by atoms with Gasteiger partial charge in [0, 0.05) is 10.4 Å². The molecule has 3 heterocycles. The van der Waals surface area contributed by atoms with Crippen LogP contribution in [-0.2, 0) is 12.8 Å². The minimum Gasteiger partial charge on any atom is -0.508 e. The van der Waals surface area contributed by atoms with E-state index in [2.05, 4.69) is 12.0 Å². The van der Waals surface area contributed by atoms with Gasteiger partial charge in [-0.3, -0.25) is 0 Å². The van der Waals surface area contributed by atoms with Gasteiger partial charge in [-0.25, -0.2) is 9.97 Å². The molecule has 1 unspecified atom stereocenters. The number of benzene rings is 1. The third kappa shape index (κ3) is 2.24. The first-order valence-corrected chi connectivity index (χ1v) is 9.39. The van der Waals surface area contributed by atoms with E-state index in [1.165, 1.54) is 16.9 Å². The van der Waals surface area contributed by atoms with Crippen LogP contribution >= 0.6 is 11.3 Å². The van der Waals surface area contributed by atoms with Gasteiger partial charge in [0.15, 0.2) is 11.5 Å². The number of aromatic hydroxyl groups is 1. The number of rotatable bonds is 1. The Labute approximate surface area is 149 Å². The van der Waals surface area contributed by atoms with Crippen LogP contribution < -0.4 is 0 Å². The SMILES string of the molecule is Cc1nc2sc3c(c2c2nc(-c4cccc(O)c4)nn12)CC(C)CC3. The molecule has 6 heteroatoms. The molecule has 0 aliphatic heterocycles. The van der Waals surface area contributed by atoms with Gasteiger partial charge in [0.1, 0.15) is 16.4 Å². The molecular formula is C19H18N4OS. The van der Waals surface area contributed by atoms with Crippen molar-refractivity contribution in [2.45, 2.75) is 33.1 Å². The highest BCUT2D eigenvalue weighted by molar-refractivity contribution is 7.19. The summed E-state index contributed by atoms with van der Waals surface area (Å²) in [4.78, 5) is 12.1. The highest BCUT2D eigenvalue weighted by Crippen LogP contribution is 2.39. The van der Waals surface area contributed by atoms with Crippen LogP contribution in [0.2, 0.25) is 0 Å². The third-order valence-electron chi connectivity index (χ3n) is 4.99. The van der Waals surface area contributed by atoms with Crippen molar-refractivity contribution < 1.29 is 5.11 Å². The summed E-state index contributed by atoms with van der Waals surface area (Å²) in [6, 6.07) is 7.08. The van der Waals surface area contributed by atoms with Gasteiger partial charge in [0.25, 0.3) is 0 Å². The molecule has 0 spiro atoms. The standard InChI is InChI=1S/C19H18N4OS/c1-10-6-7-15-14(8-10)16-18-21-17(12-4-3-5-13(24)9-12)22-23(18)11(2)20-19(16)25-15/h3-5,9-10,24H,6-8H2,1-2H3. The summed E-state index contributed by atoms with van der Waals surface area (Å²) in [5.74, 6) is 2.38. The zero-order chi connectivity index (χ0) is 17.1. The van der Waals surface area contributed by atoms with Crippen LogP contribution in [0.25, 0.3) is 27.3 Å². The number of nitrogens with zero attached hydrogens (tertiary/aromatic N) is 4. The molecule has 1 N–H and O–H groups in total. The molecule has 1 aliphatic carbocycles. The van der Waals surface area contributed by atoms with Crippen LogP contribution in [0.4, 0.5) is 0 Å². The van der Waals surface area contributed by atoms with Gasteiger partial charge in [-0.15, -0.1) is 16.4 Å². The van der Waals surface area contributed by atoms with E-state index in [0.717, 1.165) is 40.1 Å². The highest BCUT2D eigenvalue weighted by atomic mass is 32.1. The van der Waals surface area contributed by atoms with Crippen LogP contribution in [-0.4, -0.2) is 24.7 Å². The van der Waals surface area contributed by atoms with Gasteiger partial charge in [0.2, 0.25) is 0 Å². The first-order chi connectivity index (χ1) is 12.1. The smallest absolute Gasteiger partial charge is 0.182 e. The lowest BCUT2D eigenvalue weighted by molar-refractivity contribution is 0.475. The van der Waals surface area contributed by atoms with Gasteiger partial charge < -0.3 is 5.11 Å². The van der Waals surface area contributed by atoms with Crippen molar-refractivity contribution in [1.29, 1.82) is 0 Å². The van der Waals surface area contributed by atoms with Crippen molar-refractivity contribution in [3.8, 4) is 17.1 Å². The summed E-state index contributed by atoms with van der Waals surface area (Å²) in [7, 11) is 0. The van der Waals surface area contributed by atoms with E-state index < -0.39 is 0 Å². The van der Waals surface area contributed by atoms with Gasteiger partial charge >= 0.3 is 0 Å². The Morgan fingerprint density at radius 1 is 1.28 bits per heavy atom. The van der Waals surface area contributed by atoms with E-state index in [4.69, 9.17) is 9.97 Å². The quantitative estimate of drug-likeness (QED) is 0.560. The van der Waals surface area contributed by atoms with Crippen LogP contribution in [0, 0.1) is 12.8 Å². The number of phenolic OH excluding ortho intramolecular Hbond substituents is 1. The number of hydrogen-bond donors (Lipinski definition) is 1. The van der Waals surface area contributed by atoms with Crippen LogP contribution in [0.3, 0.4) is 0 Å². The maximum Gasteiger partial charge on any atom is 0.182 e. The molecule has 0 saturated carbocycles. The number of fused-ring (bicyclic) bond motifs is 5. The molecule has 0 saturated heterocycles. The topological polar surface area (TPSA) is 63.3 Å². The normalized spacial score (nSPS) is 17.3. The minimum atomic E-state index is 0.220. The van der Waals surface area contributed by atoms with E-state index in [1.54, 1.807) is 23.5 Å². The maximum atomic E-state index is 9.76. The molecule has 0 bridgehead atoms. The average Bonchev–Trinajstić information content (AvgIpc) is 3.16. The molecule has 1 aromatic carbocycles. The fourth-order valence-electron chi connectivity index (χ4n) is 3.71. The van der Waals surface area contributed by atoms with Crippen molar-refractivity contribution in [2.24, 2.45) is 5.92 Å². The summed E-state index contributed by atoms with van der Waals surface area (Å²) in [5.41, 5.74) is 3.10.